The third-order valence-electron chi connectivity index (χ3n) is 3.73. The third-order valence-corrected chi connectivity index (χ3v) is 4.94. The van der Waals surface area contributed by atoms with Crippen LogP contribution >= 0.6 is 27.5 Å². The molecule has 3 unspecified atom stereocenters. The molecule has 1 aliphatic rings. The van der Waals surface area contributed by atoms with E-state index in [1.807, 2.05) is 6.07 Å². The maximum Gasteiger partial charge on any atom is 0.0549 e. The molecule has 1 N–H and O–H groups in total. The summed E-state index contributed by atoms with van der Waals surface area (Å²) in [7, 11) is 0. The highest BCUT2D eigenvalue weighted by atomic mass is 79.9. The number of nitrogens with one attached hydrogen (secondary N) is 1. The molecule has 2 rings (SSSR count). The van der Waals surface area contributed by atoms with Crippen LogP contribution in [0.25, 0.3) is 0 Å². The Morgan fingerprint density at radius 3 is 2.76 bits per heavy atom. The lowest BCUT2D eigenvalue weighted by atomic mass is 9.80. The molecule has 1 aromatic carbocycles. The molecule has 0 spiro atoms. The Labute approximate surface area is 117 Å². The molecule has 1 nitrogen and oxygen atoms in total. The highest BCUT2D eigenvalue weighted by Crippen LogP contribution is 2.32. The second-order valence-electron chi connectivity index (χ2n) is 5.28. The normalized spacial score (nSPS) is 29.1. The van der Waals surface area contributed by atoms with E-state index in [4.69, 9.17) is 11.6 Å². The van der Waals surface area contributed by atoms with Gasteiger partial charge < -0.3 is 5.32 Å². The summed E-state index contributed by atoms with van der Waals surface area (Å²) >= 11 is 9.47. The van der Waals surface area contributed by atoms with E-state index in [9.17, 15) is 0 Å². The molecule has 0 radical (unpaired) electrons. The minimum absolute atomic E-state index is 0.590. The van der Waals surface area contributed by atoms with Crippen molar-refractivity contribution in [2.24, 2.45) is 11.8 Å². The van der Waals surface area contributed by atoms with Crippen molar-refractivity contribution in [1.29, 1.82) is 0 Å². The number of anilines is 1. The van der Waals surface area contributed by atoms with E-state index in [0.717, 1.165) is 27.0 Å². The van der Waals surface area contributed by atoms with Gasteiger partial charge in [0.15, 0.2) is 0 Å². The van der Waals surface area contributed by atoms with E-state index < -0.39 is 0 Å². The average Bonchev–Trinajstić information content (AvgIpc) is 2.29. The summed E-state index contributed by atoms with van der Waals surface area (Å²) < 4.78 is 0.959. The van der Waals surface area contributed by atoms with E-state index in [1.165, 1.54) is 19.3 Å². The molecule has 0 heterocycles. The van der Waals surface area contributed by atoms with Crippen molar-refractivity contribution < 1.29 is 0 Å². The molecular formula is C14H19BrClN. The summed E-state index contributed by atoms with van der Waals surface area (Å²) in [5.74, 6) is 1.58. The summed E-state index contributed by atoms with van der Waals surface area (Å²) in [4.78, 5) is 0. The van der Waals surface area contributed by atoms with Crippen LogP contribution in [-0.2, 0) is 0 Å². The molecule has 1 fully saturated rings. The van der Waals surface area contributed by atoms with Crippen LogP contribution in [-0.4, -0.2) is 6.04 Å². The Morgan fingerprint density at radius 2 is 2.06 bits per heavy atom. The summed E-state index contributed by atoms with van der Waals surface area (Å²) in [6.45, 7) is 4.69. The van der Waals surface area contributed by atoms with Gasteiger partial charge in [-0.15, -0.1) is 0 Å². The summed E-state index contributed by atoms with van der Waals surface area (Å²) in [5.41, 5.74) is 1.16. The quantitative estimate of drug-likeness (QED) is 0.776. The molecule has 0 saturated heterocycles. The van der Waals surface area contributed by atoms with Crippen molar-refractivity contribution in [3.8, 4) is 0 Å². The molecular weight excluding hydrogens is 298 g/mol. The van der Waals surface area contributed by atoms with Crippen LogP contribution in [0.15, 0.2) is 22.7 Å². The fourth-order valence-electron chi connectivity index (χ4n) is 2.53. The Kier molecular flexibility index (Phi) is 4.37. The Balaban J connectivity index is 2.06. The Hall–Kier alpha value is -0.210. The topological polar surface area (TPSA) is 12.0 Å². The number of rotatable bonds is 2. The van der Waals surface area contributed by atoms with E-state index in [2.05, 4.69) is 47.2 Å². The van der Waals surface area contributed by atoms with Gasteiger partial charge in [-0.2, -0.15) is 0 Å². The fraction of sp³-hybridized carbons (Fsp3) is 0.571. The van der Waals surface area contributed by atoms with Crippen LogP contribution in [0.3, 0.4) is 0 Å². The molecule has 3 heteroatoms. The van der Waals surface area contributed by atoms with Crippen molar-refractivity contribution in [2.45, 2.75) is 39.2 Å². The number of hydrogen-bond acceptors (Lipinski definition) is 1. The lowest BCUT2D eigenvalue weighted by molar-refractivity contribution is 0.281. The summed E-state index contributed by atoms with van der Waals surface area (Å²) in [6, 6.07) is 6.64. The van der Waals surface area contributed by atoms with E-state index in [0.29, 0.717) is 6.04 Å². The van der Waals surface area contributed by atoms with Gasteiger partial charge in [0.2, 0.25) is 0 Å². The van der Waals surface area contributed by atoms with Gasteiger partial charge >= 0.3 is 0 Å². The predicted molar refractivity (Wildman–Crippen MR) is 78.7 cm³/mol. The first-order valence-electron chi connectivity index (χ1n) is 6.28. The number of benzene rings is 1. The van der Waals surface area contributed by atoms with E-state index in [1.54, 1.807) is 0 Å². The Morgan fingerprint density at radius 1 is 1.29 bits per heavy atom. The molecule has 1 saturated carbocycles. The molecule has 0 bridgehead atoms. The molecule has 1 aliphatic carbocycles. The standard InChI is InChI=1S/C14H19BrClN/c1-9-3-4-10(2)14(7-9)17-11-5-6-13(16)12(15)8-11/h5-6,8-10,14,17H,3-4,7H2,1-2H3. The van der Waals surface area contributed by atoms with Crippen LogP contribution in [0.2, 0.25) is 5.02 Å². The maximum atomic E-state index is 6.00. The van der Waals surface area contributed by atoms with E-state index >= 15 is 0 Å². The second kappa shape index (κ2) is 5.62. The lowest BCUT2D eigenvalue weighted by Gasteiger charge is -2.34. The average molecular weight is 317 g/mol. The SMILES string of the molecule is CC1CCC(C)C(Nc2ccc(Cl)c(Br)c2)C1. The van der Waals surface area contributed by atoms with Gasteiger partial charge in [0.1, 0.15) is 0 Å². The van der Waals surface area contributed by atoms with Gasteiger partial charge in [-0.05, 0) is 58.8 Å². The second-order valence-corrected chi connectivity index (χ2v) is 6.54. The number of hydrogen-bond donors (Lipinski definition) is 1. The van der Waals surface area contributed by atoms with Crippen molar-refractivity contribution in [3.05, 3.63) is 27.7 Å². The summed E-state index contributed by atoms with van der Waals surface area (Å²) in [6.07, 6.45) is 3.96. The minimum Gasteiger partial charge on any atom is -0.382 e. The van der Waals surface area contributed by atoms with Crippen LogP contribution in [0.5, 0.6) is 0 Å². The van der Waals surface area contributed by atoms with Crippen molar-refractivity contribution in [3.63, 3.8) is 0 Å². The Bertz CT molecular complexity index is 394. The lowest BCUT2D eigenvalue weighted by Crippen LogP contribution is -2.33. The van der Waals surface area contributed by atoms with Crippen LogP contribution in [0.1, 0.15) is 33.1 Å². The monoisotopic (exact) mass is 315 g/mol. The first-order chi connectivity index (χ1) is 8.06. The van der Waals surface area contributed by atoms with Crippen LogP contribution in [0, 0.1) is 11.8 Å². The fourth-order valence-corrected chi connectivity index (χ4v) is 3.03. The molecule has 0 aliphatic heterocycles. The van der Waals surface area contributed by atoms with Crippen LogP contribution in [0.4, 0.5) is 5.69 Å². The summed E-state index contributed by atoms with van der Waals surface area (Å²) in [5, 5.41) is 4.40. The zero-order chi connectivity index (χ0) is 12.4. The van der Waals surface area contributed by atoms with Crippen molar-refractivity contribution in [2.75, 3.05) is 5.32 Å². The predicted octanol–water partition coefficient (Wildman–Crippen LogP) is 5.34. The zero-order valence-electron chi connectivity index (χ0n) is 10.3. The van der Waals surface area contributed by atoms with E-state index in [-0.39, 0.29) is 0 Å². The third kappa shape index (κ3) is 3.38. The van der Waals surface area contributed by atoms with Gasteiger partial charge in [0, 0.05) is 16.2 Å². The van der Waals surface area contributed by atoms with Crippen molar-refractivity contribution >= 4 is 33.2 Å². The van der Waals surface area contributed by atoms with Gasteiger partial charge in [-0.1, -0.05) is 31.9 Å². The molecule has 1 aromatic rings. The largest absolute Gasteiger partial charge is 0.382 e. The van der Waals surface area contributed by atoms with Crippen molar-refractivity contribution in [1.82, 2.24) is 0 Å². The van der Waals surface area contributed by atoms with Gasteiger partial charge in [0.25, 0.3) is 0 Å². The molecule has 0 aromatic heterocycles. The minimum atomic E-state index is 0.590. The van der Waals surface area contributed by atoms with Gasteiger partial charge in [-0.3, -0.25) is 0 Å². The van der Waals surface area contributed by atoms with Crippen LogP contribution < -0.4 is 5.32 Å². The molecule has 17 heavy (non-hydrogen) atoms. The highest BCUT2D eigenvalue weighted by Gasteiger charge is 2.25. The smallest absolute Gasteiger partial charge is 0.0549 e. The maximum absolute atomic E-state index is 6.00. The highest BCUT2D eigenvalue weighted by molar-refractivity contribution is 9.10. The molecule has 0 amide bonds. The van der Waals surface area contributed by atoms with Gasteiger partial charge in [0.05, 0.1) is 5.02 Å². The first-order valence-corrected chi connectivity index (χ1v) is 7.45. The number of halogens is 2. The molecule has 3 atom stereocenters. The zero-order valence-corrected chi connectivity index (χ0v) is 12.7. The van der Waals surface area contributed by atoms with Gasteiger partial charge in [-0.25, -0.2) is 0 Å². The first kappa shape index (κ1) is 13.2. The molecule has 94 valence electrons.